The molecule has 12 heteroatoms. The van der Waals surface area contributed by atoms with E-state index in [0.717, 1.165) is 30.7 Å². The second kappa shape index (κ2) is 8.33. The molecule has 10 nitrogen and oxygen atoms in total. The molecule has 27 heavy (non-hydrogen) atoms. The number of hydrogen-bond donors (Lipinski definition) is 1. The van der Waals surface area contributed by atoms with Crippen LogP contribution in [0.1, 0.15) is 19.2 Å². The van der Waals surface area contributed by atoms with Gasteiger partial charge in [0.25, 0.3) is 5.69 Å². The molecular formula is C15H19N5O5S2. The summed E-state index contributed by atoms with van der Waals surface area (Å²) in [7, 11) is -3.91. The van der Waals surface area contributed by atoms with Crippen LogP contribution in [0.3, 0.4) is 0 Å². The fourth-order valence-corrected chi connectivity index (χ4v) is 5.27. The molecule has 0 spiro atoms. The van der Waals surface area contributed by atoms with Gasteiger partial charge in [-0.25, -0.2) is 13.4 Å². The van der Waals surface area contributed by atoms with E-state index in [1.165, 1.54) is 16.4 Å². The lowest BCUT2D eigenvalue weighted by Crippen LogP contribution is -2.40. The first kappa shape index (κ1) is 19.7. The van der Waals surface area contributed by atoms with Gasteiger partial charge in [0.1, 0.15) is 10.7 Å². The molecular weight excluding hydrogens is 394 g/mol. The Morgan fingerprint density at radius 1 is 1.37 bits per heavy atom. The van der Waals surface area contributed by atoms with E-state index in [1.807, 2.05) is 6.92 Å². The van der Waals surface area contributed by atoms with Crippen molar-refractivity contribution in [3.63, 3.8) is 0 Å². The predicted molar refractivity (Wildman–Crippen MR) is 97.2 cm³/mol. The van der Waals surface area contributed by atoms with E-state index in [2.05, 4.69) is 15.2 Å². The van der Waals surface area contributed by atoms with Crippen molar-refractivity contribution in [3.05, 3.63) is 34.1 Å². The van der Waals surface area contributed by atoms with E-state index in [9.17, 15) is 18.5 Å². The Balaban J connectivity index is 1.98. The number of aromatic amines is 1. The molecule has 1 saturated heterocycles. The second-order valence-corrected chi connectivity index (χ2v) is 8.74. The zero-order chi connectivity index (χ0) is 19.4. The highest BCUT2D eigenvalue weighted by molar-refractivity contribution is 8.00. The van der Waals surface area contributed by atoms with Gasteiger partial charge in [0, 0.05) is 36.5 Å². The van der Waals surface area contributed by atoms with E-state index < -0.39 is 14.9 Å². The molecule has 0 bridgehead atoms. The van der Waals surface area contributed by atoms with Crippen LogP contribution >= 0.6 is 11.8 Å². The zero-order valence-electron chi connectivity index (χ0n) is 14.6. The minimum Gasteiger partial charge on any atom is -0.379 e. The maximum Gasteiger partial charge on any atom is 0.270 e. The SMILES string of the molecule is CCCc1nc(Sc2ccc([N+](=O)[O-])cc2S(=O)(=O)N2CCOCC2)n[nH]1. The number of nitro benzene ring substituents is 1. The summed E-state index contributed by atoms with van der Waals surface area (Å²) in [6.07, 6.45) is 1.63. The van der Waals surface area contributed by atoms with Crippen molar-refractivity contribution in [2.45, 2.75) is 34.7 Å². The fraction of sp³-hybridized carbons (Fsp3) is 0.467. The monoisotopic (exact) mass is 413 g/mol. The molecule has 0 saturated carbocycles. The van der Waals surface area contributed by atoms with E-state index in [1.54, 1.807) is 0 Å². The molecule has 0 unspecified atom stereocenters. The molecule has 3 rings (SSSR count). The van der Waals surface area contributed by atoms with Gasteiger partial charge in [0.2, 0.25) is 15.2 Å². The van der Waals surface area contributed by atoms with Crippen LogP contribution in [0, 0.1) is 10.1 Å². The number of non-ortho nitro benzene ring substituents is 1. The van der Waals surface area contributed by atoms with Crippen LogP contribution in [-0.4, -0.2) is 59.1 Å². The van der Waals surface area contributed by atoms with Crippen LogP contribution in [0.15, 0.2) is 33.1 Å². The number of ether oxygens (including phenoxy) is 1. The fourth-order valence-electron chi connectivity index (χ4n) is 2.59. The summed E-state index contributed by atoms with van der Waals surface area (Å²) in [5.41, 5.74) is -0.284. The van der Waals surface area contributed by atoms with Crippen LogP contribution in [0.25, 0.3) is 0 Å². The van der Waals surface area contributed by atoms with E-state index >= 15 is 0 Å². The molecule has 0 radical (unpaired) electrons. The lowest BCUT2D eigenvalue weighted by atomic mass is 10.3. The van der Waals surface area contributed by atoms with Crippen molar-refractivity contribution in [1.29, 1.82) is 0 Å². The number of aryl methyl sites for hydroxylation is 1. The van der Waals surface area contributed by atoms with Gasteiger partial charge >= 0.3 is 0 Å². The molecule has 1 aliphatic heterocycles. The number of sulfonamides is 1. The Hall–Kier alpha value is -2.02. The van der Waals surface area contributed by atoms with Gasteiger partial charge in [0.05, 0.1) is 18.1 Å². The molecule has 0 aliphatic carbocycles. The Bertz CT molecular complexity index is 924. The van der Waals surface area contributed by atoms with Gasteiger partial charge < -0.3 is 4.74 Å². The van der Waals surface area contributed by atoms with Crippen molar-refractivity contribution in [2.24, 2.45) is 0 Å². The van der Waals surface area contributed by atoms with Gasteiger partial charge in [-0.05, 0) is 24.2 Å². The van der Waals surface area contributed by atoms with Crippen molar-refractivity contribution in [2.75, 3.05) is 26.3 Å². The third-order valence-corrected chi connectivity index (χ3v) is 6.93. The van der Waals surface area contributed by atoms with E-state index in [4.69, 9.17) is 4.74 Å². The lowest BCUT2D eigenvalue weighted by Gasteiger charge is -2.26. The number of nitrogens with zero attached hydrogens (tertiary/aromatic N) is 4. The summed E-state index contributed by atoms with van der Waals surface area (Å²) in [4.78, 5) is 15.1. The molecule has 0 amide bonds. The summed E-state index contributed by atoms with van der Waals surface area (Å²) < 4.78 is 32.6. The van der Waals surface area contributed by atoms with Gasteiger partial charge in [0.15, 0.2) is 0 Å². The minimum absolute atomic E-state index is 0.120. The first-order valence-electron chi connectivity index (χ1n) is 8.37. The molecule has 2 aromatic rings. The van der Waals surface area contributed by atoms with Crippen molar-refractivity contribution in [3.8, 4) is 0 Å². The maximum atomic E-state index is 13.1. The Morgan fingerprint density at radius 2 is 2.11 bits per heavy atom. The number of benzene rings is 1. The van der Waals surface area contributed by atoms with Crippen LogP contribution in [0.5, 0.6) is 0 Å². The average Bonchev–Trinajstić information content (AvgIpc) is 3.10. The van der Waals surface area contributed by atoms with E-state index in [-0.39, 0.29) is 36.9 Å². The topological polar surface area (TPSA) is 131 Å². The van der Waals surface area contributed by atoms with E-state index in [0.29, 0.717) is 15.9 Å². The van der Waals surface area contributed by atoms with Crippen LogP contribution in [-0.2, 0) is 21.2 Å². The molecule has 1 fully saturated rings. The summed E-state index contributed by atoms with van der Waals surface area (Å²) in [5, 5.41) is 18.4. The number of H-pyrrole nitrogens is 1. The van der Waals surface area contributed by atoms with Crippen LogP contribution < -0.4 is 0 Å². The lowest BCUT2D eigenvalue weighted by molar-refractivity contribution is -0.385. The summed E-state index contributed by atoms with van der Waals surface area (Å²) in [6.45, 7) is 3.00. The highest BCUT2D eigenvalue weighted by atomic mass is 32.2. The van der Waals surface area contributed by atoms with Crippen molar-refractivity contribution in [1.82, 2.24) is 19.5 Å². The standard InChI is InChI=1S/C15H19N5O5S2/c1-2-3-14-16-15(18-17-14)26-12-5-4-11(20(21)22)10-13(12)27(23,24)19-6-8-25-9-7-19/h4-5,10H,2-3,6-9H2,1H3,(H,16,17,18). The summed E-state index contributed by atoms with van der Waals surface area (Å²) >= 11 is 1.06. The largest absolute Gasteiger partial charge is 0.379 e. The second-order valence-electron chi connectivity index (χ2n) is 5.82. The highest BCUT2D eigenvalue weighted by Crippen LogP contribution is 2.35. The van der Waals surface area contributed by atoms with Crippen molar-refractivity contribution < 1.29 is 18.1 Å². The smallest absolute Gasteiger partial charge is 0.270 e. The quantitative estimate of drug-likeness (QED) is 0.537. The predicted octanol–water partition coefficient (Wildman–Crippen LogP) is 1.84. The number of rotatable bonds is 7. The van der Waals surface area contributed by atoms with Gasteiger partial charge in [-0.1, -0.05) is 6.92 Å². The number of morpholine rings is 1. The first-order valence-corrected chi connectivity index (χ1v) is 10.6. The van der Waals surface area contributed by atoms with Gasteiger partial charge in [-0.2, -0.15) is 4.31 Å². The molecule has 146 valence electrons. The maximum absolute atomic E-state index is 13.1. The number of hydrogen-bond acceptors (Lipinski definition) is 8. The first-order chi connectivity index (χ1) is 12.9. The Labute approximate surface area is 160 Å². The number of nitrogens with one attached hydrogen (secondary N) is 1. The highest BCUT2D eigenvalue weighted by Gasteiger charge is 2.31. The molecule has 2 heterocycles. The molecule has 0 atom stereocenters. The Kier molecular flexibility index (Phi) is 6.09. The summed E-state index contributed by atoms with van der Waals surface area (Å²) in [5.74, 6) is 0.708. The zero-order valence-corrected chi connectivity index (χ0v) is 16.3. The number of aromatic nitrogens is 3. The minimum atomic E-state index is -3.91. The van der Waals surface area contributed by atoms with Gasteiger partial charge in [-0.3, -0.25) is 15.2 Å². The normalized spacial score (nSPS) is 15.7. The van der Waals surface area contributed by atoms with Crippen LogP contribution in [0.2, 0.25) is 0 Å². The number of nitro groups is 1. The molecule has 1 N–H and O–H groups in total. The van der Waals surface area contributed by atoms with Crippen molar-refractivity contribution >= 4 is 27.5 Å². The Morgan fingerprint density at radius 3 is 2.78 bits per heavy atom. The third-order valence-electron chi connectivity index (χ3n) is 3.93. The molecule has 1 aromatic heterocycles. The molecule has 1 aliphatic rings. The van der Waals surface area contributed by atoms with Crippen LogP contribution in [0.4, 0.5) is 5.69 Å². The molecule has 1 aromatic carbocycles. The average molecular weight is 413 g/mol. The third kappa shape index (κ3) is 4.46. The summed E-state index contributed by atoms with van der Waals surface area (Å²) in [6, 6.07) is 3.79. The van der Waals surface area contributed by atoms with Gasteiger partial charge in [-0.15, -0.1) is 5.10 Å².